The van der Waals surface area contributed by atoms with Crippen LogP contribution in [0.3, 0.4) is 0 Å². The number of hydrogen-bond acceptors (Lipinski definition) is 6. The topological polar surface area (TPSA) is 78.9 Å². The Bertz CT molecular complexity index is 1780. The van der Waals surface area contributed by atoms with E-state index in [1.54, 1.807) is 0 Å². The van der Waals surface area contributed by atoms with E-state index in [1.165, 1.54) is 64.2 Å². The third-order valence-electron chi connectivity index (χ3n) is 13.0. The van der Waals surface area contributed by atoms with Crippen LogP contribution in [-0.2, 0) is 28.6 Å². The summed E-state index contributed by atoms with van der Waals surface area (Å²) in [6, 6.07) is 0. The molecule has 6 nitrogen and oxygen atoms in total. The Morgan fingerprint density at radius 2 is 0.494 bits per heavy atom. The number of ether oxygens (including phenoxy) is 3. The van der Waals surface area contributed by atoms with Crippen LogP contribution < -0.4 is 0 Å². The first kappa shape index (κ1) is 74.0. The zero-order valence-corrected chi connectivity index (χ0v) is 50.8. The average molecular weight is 1090 g/mol. The van der Waals surface area contributed by atoms with Crippen LogP contribution in [0, 0.1) is 0 Å². The summed E-state index contributed by atoms with van der Waals surface area (Å²) >= 11 is 0. The highest BCUT2D eigenvalue weighted by Gasteiger charge is 2.19. The lowest BCUT2D eigenvalue weighted by molar-refractivity contribution is -0.167. The summed E-state index contributed by atoms with van der Waals surface area (Å²) in [5, 5.41) is 0. The van der Waals surface area contributed by atoms with E-state index in [4.69, 9.17) is 14.2 Å². The second-order valence-electron chi connectivity index (χ2n) is 20.6. The fraction of sp³-hybridized carbons (Fsp3) is 0.603. The Labute approximate surface area is 486 Å². The Morgan fingerprint density at radius 1 is 0.266 bits per heavy atom. The number of allylic oxidation sites excluding steroid dienone is 26. The summed E-state index contributed by atoms with van der Waals surface area (Å²) in [6.07, 6.45) is 95.5. The highest BCUT2D eigenvalue weighted by molar-refractivity contribution is 5.71. The van der Waals surface area contributed by atoms with Gasteiger partial charge in [0.2, 0.25) is 0 Å². The standard InChI is InChI=1S/C73H116O6/c1-4-7-10-13-16-19-21-23-25-27-28-29-30-31-32-33-34-35-36-37-38-39-40-41-42-43-44-46-47-49-51-54-57-60-63-66-72(75)78-69-70(68-77-71(74)65-62-59-56-53-18-15-12-9-6-3)79-73(76)67-64-61-58-55-52-50-48-45-26-24-22-20-17-14-11-8-5-2/h7-8,10-11,16-17,19-20,23-26,28-29,31-32,34-35,37-38,40-41,43-44,47,49,70H,4-6,9,12-15,18,21-22,27,30,33,36,39,42,45-46,48,50-69H2,1-3H3/b10-7-,11-8-,19-16-,20-17-,25-23-,26-24-,29-28-,32-31-,35-34-,38-37-,41-40-,44-43-,49-47-. The van der Waals surface area contributed by atoms with Crippen LogP contribution >= 0.6 is 0 Å². The summed E-state index contributed by atoms with van der Waals surface area (Å²) in [7, 11) is 0. The number of unbranched alkanes of at least 4 members (excludes halogenated alkanes) is 19. The van der Waals surface area contributed by atoms with Gasteiger partial charge in [-0.05, 0) is 128 Å². The van der Waals surface area contributed by atoms with Gasteiger partial charge in [-0.3, -0.25) is 14.4 Å². The highest BCUT2D eigenvalue weighted by atomic mass is 16.6. The minimum absolute atomic E-state index is 0.0939. The molecule has 0 bridgehead atoms. The van der Waals surface area contributed by atoms with Crippen molar-refractivity contribution in [3.05, 3.63) is 158 Å². The predicted molar refractivity (Wildman–Crippen MR) is 343 cm³/mol. The van der Waals surface area contributed by atoms with E-state index >= 15 is 0 Å². The molecule has 0 aliphatic heterocycles. The van der Waals surface area contributed by atoms with Crippen molar-refractivity contribution in [1.82, 2.24) is 0 Å². The fourth-order valence-corrected chi connectivity index (χ4v) is 8.31. The second-order valence-corrected chi connectivity index (χ2v) is 20.6. The van der Waals surface area contributed by atoms with E-state index in [1.807, 2.05) is 0 Å². The Balaban J connectivity index is 4.27. The summed E-state index contributed by atoms with van der Waals surface area (Å²) in [5.41, 5.74) is 0. The van der Waals surface area contributed by atoms with Crippen molar-refractivity contribution in [3.8, 4) is 0 Å². The maximum atomic E-state index is 12.9. The second kappa shape index (κ2) is 65.5. The van der Waals surface area contributed by atoms with Crippen LogP contribution in [0.5, 0.6) is 0 Å². The number of esters is 3. The molecule has 0 fully saturated rings. The quantitative estimate of drug-likeness (QED) is 0.0261. The summed E-state index contributed by atoms with van der Waals surface area (Å²) in [6.45, 7) is 6.36. The van der Waals surface area contributed by atoms with Crippen molar-refractivity contribution in [1.29, 1.82) is 0 Å². The first-order chi connectivity index (χ1) is 39.0. The van der Waals surface area contributed by atoms with Gasteiger partial charge in [-0.25, -0.2) is 0 Å². The van der Waals surface area contributed by atoms with Crippen molar-refractivity contribution in [2.45, 2.75) is 271 Å². The first-order valence-electron chi connectivity index (χ1n) is 32.0. The molecule has 0 aliphatic carbocycles. The van der Waals surface area contributed by atoms with Crippen LogP contribution in [0.15, 0.2) is 158 Å². The van der Waals surface area contributed by atoms with Gasteiger partial charge in [0, 0.05) is 19.3 Å². The lowest BCUT2D eigenvalue weighted by atomic mass is 10.1. The van der Waals surface area contributed by atoms with Crippen LogP contribution in [0.2, 0.25) is 0 Å². The zero-order chi connectivity index (χ0) is 57.1. The van der Waals surface area contributed by atoms with Gasteiger partial charge >= 0.3 is 17.9 Å². The third-order valence-corrected chi connectivity index (χ3v) is 13.0. The number of hydrogen-bond donors (Lipinski definition) is 0. The predicted octanol–water partition coefficient (Wildman–Crippen LogP) is 22.1. The summed E-state index contributed by atoms with van der Waals surface area (Å²) in [4.78, 5) is 38.1. The average Bonchev–Trinajstić information content (AvgIpc) is 3.45. The van der Waals surface area contributed by atoms with Gasteiger partial charge < -0.3 is 14.2 Å². The van der Waals surface area contributed by atoms with Crippen molar-refractivity contribution >= 4 is 17.9 Å². The molecule has 6 heteroatoms. The van der Waals surface area contributed by atoms with E-state index in [0.717, 1.165) is 161 Å². The van der Waals surface area contributed by atoms with Gasteiger partial charge in [0.1, 0.15) is 13.2 Å². The Kier molecular flexibility index (Phi) is 61.4. The molecule has 0 heterocycles. The van der Waals surface area contributed by atoms with E-state index in [0.29, 0.717) is 19.3 Å². The van der Waals surface area contributed by atoms with Gasteiger partial charge in [0.05, 0.1) is 0 Å². The minimum Gasteiger partial charge on any atom is -0.462 e. The smallest absolute Gasteiger partial charge is 0.306 e. The largest absolute Gasteiger partial charge is 0.462 e. The molecule has 0 amide bonds. The summed E-state index contributed by atoms with van der Waals surface area (Å²) in [5.74, 6) is -0.936. The molecule has 0 radical (unpaired) electrons. The molecule has 0 aromatic rings. The van der Waals surface area contributed by atoms with Crippen LogP contribution in [-0.4, -0.2) is 37.2 Å². The van der Waals surface area contributed by atoms with Gasteiger partial charge in [0.15, 0.2) is 6.10 Å². The SMILES string of the molecule is CC/C=C\C/C=C\C/C=C\C/C=C\C/C=C\C/C=C\C/C=C\C/C=C\C/C=C\C/C=C\CCCCCCC(=O)OCC(COC(=O)CCCCCCCCCCC)OC(=O)CCCCCCCCC/C=C\C/C=C\C/C=C\CC. The molecule has 0 aromatic heterocycles. The van der Waals surface area contributed by atoms with E-state index in [-0.39, 0.29) is 31.1 Å². The van der Waals surface area contributed by atoms with Crippen molar-refractivity contribution in [3.63, 3.8) is 0 Å². The molecule has 1 atom stereocenters. The van der Waals surface area contributed by atoms with E-state index < -0.39 is 6.10 Å². The molecular formula is C73H116O6. The highest BCUT2D eigenvalue weighted by Crippen LogP contribution is 2.14. The molecule has 0 aliphatic rings. The van der Waals surface area contributed by atoms with E-state index in [2.05, 4.69) is 179 Å². The van der Waals surface area contributed by atoms with Crippen molar-refractivity contribution < 1.29 is 28.6 Å². The molecule has 79 heavy (non-hydrogen) atoms. The molecule has 1 unspecified atom stereocenters. The Hall–Kier alpha value is -4.97. The maximum Gasteiger partial charge on any atom is 0.306 e. The fourth-order valence-electron chi connectivity index (χ4n) is 8.31. The van der Waals surface area contributed by atoms with Crippen molar-refractivity contribution in [2.75, 3.05) is 13.2 Å². The minimum atomic E-state index is -0.798. The monoisotopic (exact) mass is 1090 g/mol. The molecular weight excluding hydrogens is 973 g/mol. The van der Waals surface area contributed by atoms with Crippen LogP contribution in [0.25, 0.3) is 0 Å². The Morgan fingerprint density at radius 3 is 0.772 bits per heavy atom. The maximum absolute atomic E-state index is 12.9. The van der Waals surface area contributed by atoms with Gasteiger partial charge in [-0.2, -0.15) is 0 Å². The normalized spacial score (nSPS) is 13.2. The first-order valence-corrected chi connectivity index (χ1v) is 32.0. The lowest BCUT2D eigenvalue weighted by Gasteiger charge is -2.18. The molecule has 0 saturated heterocycles. The van der Waals surface area contributed by atoms with Gasteiger partial charge in [0.25, 0.3) is 0 Å². The third kappa shape index (κ3) is 63.7. The van der Waals surface area contributed by atoms with Crippen LogP contribution in [0.4, 0.5) is 0 Å². The van der Waals surface area contributed by atoms with Crippen molar-refractivity contribution in [2.24, 2.45) is 0 Å². The molecule has 0 N–H and O–H groups in total. The van der Waals surface area contributed by atoms with Gasteiger partial charge in [-0.15, -0.1) is 0 Å². The molecule has 0 spiro atoms. The molecule has 444 valence electrons. The van der Waals surface area contributed by atoms with Crippen LogP contribution in [0.1, 0.15) is 265 Å². The molecule has 0 saturated carbocycles. The zero-order valence-electron chi connectivity index (χ0n) is 50.8. The molecule has 0 rings (SSSR count). The number of carbonyl (C=O) groups excluding carboxylic acids is 3. The van der Waals surface area contributed by atoms with E-state index in [9.17, 15) is 14.4 Å². The van der Waals surface area contributed by atoms with Gasteiger partial charge in [-0.1, -0.05) is 275 Å². The lowest BCUT2D eigenvalue weighted by Crippen LogP contribution is -2.30. The summed E-state index contributed by atoms with van der Waals surface area (Å²) < 4.78 is 16.8. The number of rotatable bonds is 56. The molecule has 0 aromatic carbocycles. The number of carbonyl (C=O) groups is 3.